The maximum Gasteiger partial charge on any atom is 0.126 e. The second kappa shape index (κ2) is 8.32. The van der Waals surface area contributed by atoms with Crippen LogP contribution in [0.2, 0.25) is 0 Å². The van der Waals surface area contributed by atoms with E-state index in [0.29, 0.717) is 11.5 Å². The Bertz CT molecular complexity index is 912. The van der Waals surface area contributed by atoms with Gasteiger partial charge in [0.2, 0.25) is 0 Å². The van der Waals surface area contributed by atoms with Crippen LogP contribution in [0, 0.1) is 6.92 Å². The molecular weight excluding hydrogens is 334 g/mol. The molecule has 2 aromatic carbocycles. The van der Waals surface area contributed by atoms with Crippen molar-refractivity contribution in [3.8, 4) is 5.75 Å². The van der Waals surface area contributed by atoms with Crippen molar-refractivity contribution < 1.29 is 10.2 Å². The van der Waals surface area contributed by atoms with E-state index in [1.54, 1.807) is 18.2 Å². The number of aliphatic hydroxyl groups is 1. The van der Waals surface area contributed by atoms with Gasteiger partial charge in [-0.25, -0.2) is 4.99 Å². The van der Waals surface area contributed by atoms with Gasteiger partial charge in [0.25, 0.3) is 0 Å². The van der Waals surface area contributed by atoms with Gasteiger partial charge in [0.05, 0.1) is 5.69 Å². The van der Waals surface area contributed by atoms with Gasteiger partial charge in [-0.05, 0) is 37.3 Å². The summed E-state index contributed by atoms with van der Waals surface area (Å²) in [6.45, 7) is 2.02. The maximum absolute atomic E-state index is 9.53. The number of nitrogens with two attached hydrogens (primary N) is 2. The zero-order valence-electron chi connectivity index (χ0n) is 14.1. The first kappa shape index (κ1) is 18.5. The standard InChI is InChI=1S/C18H17N3OS.CH4O/c1-11-2-4-12(5-3-11)21-18(20)9-16(19)15-10-23-17-8-13(22)6-7-14(15)17;1-2/h2-10,22H,19H2,1H3,(H2,20,21);2H,1H3/b16-9-;. The van der Waals surface area contributed by atoms with Crippen molar-refractivity contribution in [1.29, 1.82) is 0 Å². The van der Waals surface area contributed by atoms with Gasteiger partial charge in [0.1, 0.15) is 11.6 Å². The third-order valence-electron chi connectivity index (χ3n) is 3.47. The molecule has 0 aliphatic carbocycles. The van der Waals surface area contributed by atoms with E-state index in [1.165, 1.54) is 16.9 Å². The number of nitrogens with zero attached hydrogens (tertiary/aromatic N) is 1. The van der Waals surface area contributed by atoms with Crippen LogP contribution in [0.5, 0.6) is 5.75 Å². The van der Waals surface area contributed by atoms with Gasteiger partial charge in [0, 0.05) is 39.9 Å². The number of phenolic OH excluding ortho intramolecular Hbond substituents is 1. The van der Waals surface area contributed by atoms with Crippen molar-refractivity contribution in [1.82, 2.24) is 0 Å². The van der Waals surface area contributed by atoms with Crippen LogP contribution in [0.25, 0.3) is 15.8 Å². The van der Waals surface area contributed by atoms with Crippen molar-refractivity contribution in [2.24, 2.45) is 16.5 Å². The molecule has 1 aromatic heterocycles. The molecule has 0 aliphatic heterocycles. The summed E-state index contributed by atoms with van der Waals surface area (Å²) in [5, 5.41) is 19.5. The molecule has 0 spiro atoms. The molecule has 0 fully saturated rings. The Labute approximate surface area is 150 Å². The molecule has 3 aromatic rings. The molecule has 130 valence electrons. The van der Waals surface area contributed by atoms with Crippen molar-refractivity contribution >= 4 is 38.6 Å². The van der Waals surface area contributed by atoms with Crippen LogP contribution < -0.4 is 11.5 Å². The topological polar surface area (TPSA) is 105 Å². The maximum atomic E-state index is 9.53. The first-order valence-electron chi connectivity index (χ1n) is 7.56. The molecule has 3 rings (SSSR count). The third kappa shape index (κ3) is 4.59. The highest BCUT2D eigenvalue weighted by atomic mass is 32.1. The number of aromatic hydroxyl groups is 1. The number of aliphatic hydroxyl groups excluding tert-OH is 1. The fraction of sp³-hybridized carbons (Fsp3) is 0.105. The number of aliphatic imine (C=N–C) groups is 1. The number of rotatable bonds is 3. The highest BCUT2D eigenvalue weighted by molar-refractivity contribution is 7.17. The Morgan fingerprint density at radius 1 is 1.08 bits per heavy atom. The van der Waals surface area contributed by atoms with Crippen molar-refractivity contribution in [2.45, 2.75) is 6.92 Å². The monoisotopic (exact) mass is 355 g/mol. The third-order valence-corrected chi connectivity index (χ3v) is 4.41. The lowest BCUT2D eigenvalue weighted by Crippen LogP contribution is -2.10. The van der Waals surface area contributed by atoms with Gasteiger partial charge >= 0.3 is 0 Å². The number of hydrogen-bond donors (Lipinski definition) is 4. The summed E-state index contributed by atoms with van der Waals surface area (Å²) in [6, 6.07) is 13.0. The van der Waals surface area contributed by atoms with Crippen molar-refractivity contribution in [3.63, 3.8) is 0 Å². The van der Waals surface area contributed by atoms with Gasteiger partial charge in [-0.2, -0.15) is 0 Å². The average molecular weight is 355 g/mol. The minimum absolute atomic E-state index is 0.244. The predicted molar refractivity (Wildman–Crippen MR) is 106 cm³/mol. The SMILES string of the molecule is CO.Cc1ccc(N=C(N)/C=C(\N)c2csc3cc(O)ccc23)cc1. The highest BCUT2D eigenvalue weighted by Crippen LogP contribution is 2.31. The van der Waals surface area contributed by atoms with E-state index in [9.17, 15) is 5.11 Å². The van der Waals surface area contributed by atoms with Crippen LogP contribution in [0.1, 0.15) is 11.1 Å². The van der Waals surface area contributed by atoms with E-state index in [1.807, 2.05) is 42.6 Å². The molecule has 0 amide bonds. The number of amidine groups is 1. The largest absolute Gasteiger partial charge is 0.508 e. The summed E-state index contributed by atoms with van der Waals surface area (Å²) in [5.41, 5.74) is 15.6. The van der Waals surface area contributed by atoms with E-state index in [0.717, 1.165) is 28.4 Å². The summed E-state index contributed by atoms with van der Waals surface area (Å²) in [4.78, 5) is 4.35. The van der Waals surface area contributed by atoms with Gasteiger partial charge in [-0.3, -0.25) is 0 Å². The van der Waals surface area contributed by atoms with Crippen LogP contribution in [-0.2, 0) is 0 Å². The lowest BCUT2D eigenvalue weighted by Gasteiger charge is -2.02. The summed E-state index contributed by atoms with van der Waals surface area (Å²) >= 11 is 1.53. The molecule has 0 radical (unpaired) electrons. The van der Waals surface area contributed by atoms with E-state index >= 15 is 0 Å². The Hall–Kier alpha value is -2.83. The van der Waals surface area contributed by atoms with Gasteiger partial charge < -0.3 is 21.7 Å². The molecule has 0 saturated heterocycles. The molecule has 1 heterocycles. The Morgan fingerprint density at radius 2 is 1.76 bits per heavy atom. The first-order chi connectivity index (χ1) is 12.0. The van der Waals surface area contributed by atoms with Gasteiger partial charge in [-0.15, -0.1) is 11.3 Å². The average Bonchev–Trinajstić information content (AvgIpc) is 3.01. The summed E-state index contributed by atoms with van der Waals surface area (Å²) in [6.07, 6.45) is 1.66. The van der Waals surface area contributed by atoms with E-state index < -0.39 is 0 Å². The van der Waals surface area contributed by atoms with E-state index in [-0.39, 0.29) is 5.75 Å². The molecule has 25 heavy (non-hydrogen) atoms. The van der Waals surface area contributed by atoms with Crippen LogP contribution in [0.4, 0.5) is 5.69 Å². The van der Waals surface area contributed by atoms with Crippen molar-refractivity contribution in [3.05, 3.63) is 65.0 Å². The smallest absolute Gasteiger partial charge is 0.126 e. The molecule has 6 N–H and O–H groups in total. The lowest BCUT2D eigenvalue weighted by atomic mass is 10.1. The Kier molecular flexibility index (Phi) is 6.16. The minimum atomic E-state index is 0.244. The van der Waals surface area contributed by atoms with Gasteiger partial charge in [-0.1, -0.05) is 17.7 Å². The van der Waals surface area contributed by atoms with E-state index in [2.05, 4.69) is 4.99 Å². The first-order valence-corrected chi connectivity index (χ1v) is 8.44. The fourth-order valence-electron chi connectivity index (χ4n) is 2.28. The summed E-state index contributed by atoms with van der Waals surface area (Å²) < 4.78 is 0.977. The molecule has 0 aliphatic rings. The number of thiophene rings is 1. The van der Waals surface area contributed by atoms with Crippen LogP contribution in [0.15, 0.2) is 58.9 Å². The number of aryl methyl sites for hydroxylation is 1. The molecular formula is C19H21N3O2S. The number of benzene rings is 2. The second-order valence-corrected chi connectivity index (χ2v) is 6.21. The normalized spacial score (nSPS) is 12.0. The zero-order chi connectivity index (χ0) is 18.4. The number of phenols is 1. The molecule has 5 nitrogen and oxygen atoms in total. The van der Waals surface area contributed by atoms with Crippen LogP contribution in [-0.4, -0.2) is 23.2 Å². The lowest BCUT2D eigenvalue weighted by molar-refractivity contribution is 0.399. The highest BCUT2D eigenvalue weighted by Gasteiger charge is 2.07. The molecule has 0 unspecified atom stereocenters. The zero-order valence-corrected chi connectivity index (χ0v) is 14.9. The predicted octanol–water partition coefficient (Wildman–Crippen LogP) is 3.51. The molecule has 0 atom stereocenters. The van der Waals surface area contributed by atoms with Crippen LogP contribution in [0.3, 0.4) is 0 Å². The minimum Gasteiger partial charge on any atom is -0.508 e. The molecule has 6 heteroatoms. The van der Waals surface area contributed by atoms with Crippen LogP contribution >= 0.6 is 11.3 Å². The van der Waals surface area contributed by atoms with Gasteiger partial charge in [0.15, 0.2) is 0 Å². The Balaban J connectivity index is 0.00000109. The summed E-state index contributed by atoms with van der Waals surface area (Å²) in [5.74, 6) is 0.596. The second-order valence-electron chi connectivity index (χ2n) is 5.30. The Morgan fingerprint density at radius 3 is 2.44 bits per heavy atom. The molecule has 0 saturated carbocycles. The fourth-order valence-corrected chi connectivity index (χ4v) is 3.28. The summed E-state index contributed by atoms with van der Waals surface area (Å²) in [7, 11) is 1.00. The molecule has 0 bridgehead atoms. The number of fused-ring (bicyclic) bond motifs is 1. The quantitative estimate of drug-likeness (QED) is 0.426. The van der Waals surface area contributed by atoms with E-state index in [4.69, 9.17) is 16.6 Å². The number of hydrogen-bond acceptors (Lipinski definition) is 5. The van der Waals surface area contributed by atoms with Crippen molar-refractivity contribution in [2.75, 3.05) is 7.11 Å².